The van der Waals surface area contributed by atoms with E-state index in [9.17, 15) is 0 Å². The predicted molar refractivity (Wildman–Crippen MR) is 71.5 cm³/mol. The molecule has 2 rings (SSSR count). The maximum Gasteiger partial charge on any atom is 0.100 e. The molecule has 0 unspecified atom stereocenters. The van der Waals surface area contributed by atoms with E-state index in [1.165, 1.54) is 11.1 Å². The van der Waals surface area contributed by atoms with Crippen molar-refractivity contribution >= 4 is 17.4 Å². The van der Waals surface area contributed by atoms with Crippen LogP contribution in [0.25, 0.3) is 0 Å². The summed E-state index contributed by atoms with van der Waals surface area (Å²) in [4.78, 5) is 8.30. The first-order chi connectivity index (χ1) is 8.24. The van der Waals surface area contributed by atoms with Gasteiger partial charge in [0.2, 0.25) is 0 Å². The Labute approximate surface area is 101 Å². The van der Waals surface area contributed by atoms with E-state index in [1.54, 1.807) is 0 Å². The van der Waals surface area contributed by atoms with Crippen molar-refractivity contribution in [2.45, 2.75) is 13.8 Å². The van der Waals surface area contributed by atoms with Gasteiger partial charge in [-0.15, -0.1) is 0 Å². The molecule has 2 aromatic rings. The maximum atomic E-state index is 4.15. The minimum atomic E-state index is 0.867. The zero-order valence-electron chi connectivity index (χ0n) is 10.0. The first kappa shape index (κ1) is 11.3. The largest absolute Gasteiger partial charge is 0.188 e. The Kier molecular flexibility index (Phi) is 3.49. The first-order valence-corrected chi connectivity index (χ1v) is 5.54. The summed E-state index contributed by atoms with van der Waals surface area (Å²) in [5.41, 5.74) is 4.18. The Morgan fingerprint density at radius 2 is 1.00 bits per heavy atom. The molecule has 0 aliphatic rings. The molecule has 0 aliphatic carbocycles. The van der Waals surface area contributed by atoms with Crippen LogP contribution in [0.3, 0.4) is 0 Å². The van der Waals surface area contributed by atoms with E-state index >= 15 is 0 Å². The summed E-state index contributed by atoms with van der Waals surface area (Å²) in [7, 11) is 0. The first-order valence-electron chi connectivity index (χ1n) is 5.54. The number of hydrogen-bond acceptors (Lipinski definition) is 2. The third kappa shape index (κ3) is 3.40. The van der Waals surface area contributed by atoms with Gasteiger partial charge in [0.25, 0.3) is 0 Å². The van der Waals surface area contributed by atoms with E-state index in [2.05, 4.69) is 16.0 Å². The highest BCUT2D eigenvalue weighted by Crippen LogP contribution is 2.13. The summed E-state index contributed by atoms with van der Waals surface area (Å²) in [6.07, 6.45) is 0. The zero-order chi connectivity index (χ0) is 12.1. The van der Waals surface area contributed by atoms with Crippen LogP contribution in [-0.2, 0) is 0 Å². The highest BCUT2D eigenvalue weighted by atomic mass is 14.8. The third-order valence-corrected chi connectivity index (χ3v) is 2.43. The highest BCUT2D eigenvalue weighted by molar-refractivity contribution is 5.57. The van der Waals surface area contributed by atoms with E-state index in [4.69, 9.17) is 0 Å². The normalized spacial score (nSPS) is 9.53. The van der Waals surface area contributed by atoms with Crippen molar-refractivity contribution in [3.8, 4) is 0 Å². The van der Waals surface area contributed by atoms with Gasteiger partial charge in [0.1, 0.15) is 6.01 Å². The number of hydrogen-bond donors (Lipinski definition) is 0. The smallest absolute Gasteiger partial charge is 0.100 e. The highest BCUT2D eigenvalue weighted by Gasteiger charge is 1.87. The van der Waals surface area contributed by atoms with Crippen LogP contribution in [0.4, 0.5) is 11.4 Å². The van der Waals surface area contributed by atoms with E-state index in [0.717, 1.165) is 11.4 Å². The standard InChI is InChI=1S/C15H14N2/c1-12-3-7-14(8-4-12)16-11-17-15-9-5-13(2)6-10-15/h3-10H,1-2H3. The Bertz CT molecular complexity index is 495. The molecule has 0 amide bonds. The Morgan fingerprint density at radius 1 is 0.647 bits per heavy atom. The fourth-order valence-corrected chi connectivity index (χ4v) is 1.38. The molecular weight excluding hydrogens is 208 g/mol. The summed E-state index contributed by atoms with van der Waals surface area (Å²) in [6.45, 7) is 4.10. The van der Waals surface area contributed by atoms with Crippen LogP contribution < -0.4 is 0 Å². The quantitative estimate of drug-likeness (QED) is 0.671. The SMILES string of the molecule is Cc1ccc(N=C=Nc2ccc(C)cc2)cc1. The molecule has 0 bridgehead atoms. The molecule has 0 aliphatic heterocycles. The lowest BCUT2D eigenvalue weighted by Crippen LogP contribution is -1.69. The molecule has 0 atom stereocenters. The fourth-order valence-electron chi connectivity index (χ4n) is 1.38. The van der Waals surface area contributed by atoms with Gasteiger partial charge in [0, 0.05) is 0 Å². The summed E-state index contributed by atoms with van der Waals surface area (Å²) in [6, 6.07) is 18.6. The molecule has 17 heavy (non-hydrogen) atoms. The van der Waals surface area contributed by atoms with E-state index in [-0.39, 0.29) is 0 Å². The molecular formula is C15H14N2. The molecule has 0 radical (unpaired) electrons. The van der Waals surface area contributed by atoms with Crippen molar-refractivity contribution in [3.05, 3.63) is 59.7 Å². The molecule has 0 spiro atoms. The molecule has 2 heteroatoms. The van der Waals surface area contributed by atoms with Gasteiger partial charge in [0.15, 0.2) is 0 Å². The van der Waals surface area contributed by atoms with Gasteiger partial charge < -0.3 is 0 Å². The number of rotatable bonds is 2. The van der Waals surface area contributed by atoms with Gasteiger partial charge in [-0.05, 0) is 38.1 Å². The van der Waals surface area contributed by atoms with Gasteiger partial charge in [-0.1, -0.05) is 35.4 Å². The second-order valence-corrected chi connectivity index (χ2v) is 3.99. The van der Waals surface area contributed by atoms with Crippen molar-refractivity contribution in [3.63, 3.8) is 0 Å². The maximum absolute atomic E-state index is 4.15. The van der Waals surface area contributed by atoms with Crippen LogP contribution in [0, 0.1) is 13.8 Å². The number of aliphatic imine (C=N–C) groups is 2. The molecule has 0 aromatic heterocycles. The van der Waals surface area contributed by atoms with Crippen LogP contribution in [0.15, 0.2) is 58.5 Å². The molecule has 0 fully saturated rings. The molecule has 84 valence electrons. The Morgan fingerprint density at radius 3 is 1.35 bits per heavy atom. The lowest BCUT2D eigenvalue weighted by Gasteiger charge is -1.92. The number of aryl methyl sites for hydroxylation is 2. The Hall–Kier alpha value is -2.18. The molecule has 2 nitrogen and oxygen atoms in total. The average Bonchev–Trinajstić information content (AvgIpc) is 2.34. The molecule has 0 N–H and O–H groups in total. The van der Waals surface area contributed by atoms with E-state index < -0.39 is 0 Å². The molecule has 0 saturated heterocycles. The molecule has 2 aromatic carbocycles. The van der Waals surface area contributed by atoms with Gasteiger partial charge >= 0.3 is 0 Å². The van der Waals surface area contributed by atoms with Crippen LogP contribution in [-0.4, -0.2) is 6.01 Å². The Balaban J connectivity index is 2.14. The summed E-state index contributed by atoms with van der Waals surface area (Å²) >= 11 is 0. The number of benzene rings is 2. The predicted octanol–water partition coefficient (Wildman–Crippen LogP) is 4.44. The van der Waals surface area contributed by atoms with Gasteiger partial charge in [-0.25, -0.2) is 0 Å². The van der Waals surface area contributed by atoms with Crippen LogP contribution in [0.2, 0.25) is 0 Å². The lowest BCUT2D eigenvalue weighted by molar-refractivity contribution is 1.42. The van der Waals surface area contributed by atoms with Crippen molar-refractivity contribution in [1.29, 1.82) is 0 Å². The minimum absolute atomic E-state index is 0.867. The topological polar surface area (TPSA) is 24.7 Å². The minimum Gasteiger partial charge on any atom is -0.188 e. The summed E-state index contributed by atoms with van der Waals surface area (Å²) < 4.78 is 0. The van der Waals surface area contributed by atoms with Gasteiger partial charge in [-0.3, -0.25) is 0 Å². The van der Waals surface area contributed by atoms with E-state index in [0.29, 0.717) is 0 Å². The van der Waals surface area contributed by atoms with Crippen LogP contribution in [0.5, 0.6) is 0 Å². The van der Waals surface area contributed by atoms with Crippen molar-refractivity contribution in [2.75, 3.05) is 0 Å². The third-order valence-electron chi connectivity index (χ3n) is 2.43. The zero-order valence-corrected chi connectivity index (χ0v) is 10.0. The fraction of sp³-hybridized carbons (Fsp3) is 0.133. The summed E-state index contributed by atoms with van der Waals surface area (Å²) in [5, 5.41) is 0. The number of nitrogens with zero attached hydrogens (tertiary/aromatic N) is 2. The monoisotopic (exact) mass is 222 g/mol. The van der Waals surface area contributed by atoms with Gasteiger partial charge in [-0.2, -0.15) is 9.98 Å². The van der Waals surface area contributed by atoms with Crippen LogP contribution in [0.1, 0.15) is 11.1 Å². The van der Waals surface area contributed by atoms with Gasteiger partial charge in [0.05, 0.1) is 11.4 Å². The molecule has 0 heterocycles. The second kappa shape index (κ2) is 5.24. The van der Waals surface area contributed by atoms with Crippen molar-refractivity contribution in [2.24, 2.45) is 9.98 Å². The van der Waals surface area contributed by atoms with Crippen molar-refractivity contribution < 1.29 is 0 Å². The van der Waals surface area contributed by atoms with Crippen LogP contribution >= 0.6 is 0 Å². The molecule has 0 saturated carbocycles. The lowest BCUT2D eigenvalue weighted by atomic mass is 10.2. The second-order valence-electron chi connectivity index (χ2n) is 3.99. The average molecular weight is 222 g/mol. The van der Waals surface area contributed by atoms with Crippen molar-refractivity contribution in [1.82, 2.24) is 0 Å². The van der Waals surface area contributed by atoms with E-state index in [1.807, 2.05) is 62.4 Å². The summed E-state index contributed by atoms with van der Waals surface area (Å²) in [5.74, 6) is 0.